The highest BCUT2D eigenvalue weighted by Crippen LogP contribution is 2.25. The molecule has 186 valence electrons. The molecule has 7 nitrogen and oxygen atoms in total. The third-order valence-corrected chi connectivity index (χ3v) is 5.00. The summed E-state index contributed by atoms with van der Waals surface area (Å²) in [4.78, 5) is 25.0. The minimum Gasteiger partial charge on any atom is -0.502 e. The molecule has 3 aromatic carbocycles. The Labute approximate surface area is 210 Å². The number of ether oxygens (including phenoxy) is 5. The molecular weight excluding hydrogens is 460 g/mol. The van der Waals surface area contributed by atoms with Gasteiger partial charge in [-0.2, -0.15) is 0 Å². The minimum absolute atomic E-state index is 0.335. The Morgan fingerprint density at radius 3 is 1.92 bits per heavy atom. The first-order chi connectivity index (χ1) is 17.5. The van der Waals surface area contributed by atoms with Gasteiger partial charge in [-0.3, -0.25) is 0 Å². The van der Waals surface area contributed by atoms with E-state index in [1.165, 1.54) is 12.5 Å². The van der Waals surface area contributed by atoms with Gasteiger partial charge in [0.2, 0.25) is 0 Å². The maximum absolute atomic E-state index is 12.6. The molecule has 0 N–H and O–H groups in total. The number of unbranched alkanes of at least 4 members (excludes halogenated alkanes) is 1. The maximum atomic E-state index is 12.6. The van der Waals surface area contributed by atoms with Gasteiger partial charge in [0.25, 0.3) is 0 Å². The van der Waals surface area contributed by atoms with E-state index in [9.17, 15) is 9.59 Å². The molecule has 0 saturated heterocycles. The zero-order chi connectivity index (χ0) is 25.8. The smallest absolute Gasteiger partial charge is 0.343 e. The van der Waals surface area contributed by atoms with E-state index in [0.29, 0.717) is 52.9 Å². The highest BCUT2D eigenvalue weighted by Gasteiger charge is 2.13. The van der Waals surface area contributed by atoms with Crippen molar-refractivity contribution >= 4 is 11.9 Å². The Bertz CT molecular complexity index is 1180. The number of aryl methyl sites for hydroxylation is 1. The molecule has 0 unspecified atom stereocenters. The number of benzene rings is 3. The fourth-order valence-corrected chi connectivity index (χ4v) is 3.14. The van der Waals surface area contributed by atoms with Gasteiger partial charge in [0.1, 0.15) is 23.0 Å². The molecule has 0 aliphatic rings. The molecule has 0 fully saturated rings. The molecule has 0 radical (unpaired) electrons. The average Bonchev–Trinajstić information content (AvgIpc) is 2.88. The van der Waals surface area contributed by atoms with Crippen LogP contribution in [-0.4, -0.2) is 25.2 Å². The lowest BCUT2D eigenvalue weighted by atomic mass is 10.2. The average molecular weight is 489 g/mol. The Morgan fingerprint density at radius 1 is 0.722 bits per heavy atom. The van der Waals surface area contributed by atoms with E-state index >= 15 is 0 Å². The molecular formula is C29H28O7. The molecule has 0 aliphatic heterocycles. The molecule has 3 aromatic rings. The number of hydrogen-bond donors (Lipinski definition) is 0. The zero-order valence-electron chi connectivity index (χ0n) is 20.1. The second-order valence-electron chi connectivity index (χ2n) is 7.63. The molecule has 0 atom stereocenters. The van der Waals surface area contributed by atoms with Crippen molar-refractivity contribution < 1.29 is 33.3 Å². The van der Waals surface area contributed by atoms with Crippen LogP contribution in [0.3, 0.4) is 0 Å². The van der Waals surface area contributed by atoms with Crippen molar-refractivity contribution in [2.24, 2.45) is 0 Å². The van der Waals surface area contributed by atoms with Crippen molar-refractivity contribution in [3.63, 3.8) is 0 Å². The van der Waals surface area contributed by atoms with Crippen LogP contribution in [0.25, 0.3) is 0 Å². The molecule has 7 heteroatoms. The summed E-state index contributed by atoms with van der Waals surface area (Å²) >= 11 is 0. The van der Waals surface area contributed by atoms with Gasteiger partial charge in [0.15, 0.2) is 0 Å². The highest BCUT2D eigenvalue weighted by molar-refractivity contribution is 5.92. The topological polar surface area (TPSA) is 80.3 Å². The monoisotopic (exact) mass is 488 g/mol. The van der Waals surface area contributed by atoms with Gasteiger partial charge >= 0.3 is 11.9 Å². The molecule has 0 amide bonds. The Morgan fingerprint density at radius 2 is 1.31 bits per heavy atom. The molecule has 36 heavy (non-hydrogen) atoms. The predicted octanol–water partition coefficient (Wildman–Crippen LogP) is 6.27. The van der Waals surface area contributed by atoms with E-state index in [2.05, 4.69) is 13.2 Å². The molecule has 0 bridgehead atoms. The van der Waals surface area contributed by atoms with Crippen LogP contribution in [0.15, 0.2) is 92.4 Å². The zero-order valence-corrected chi connectivity index (χ0v) is 20.1. The van der Waals surface area contributed by atoms with Crippen molar-refractivity contribution in [2.45, 2.75) is 19.8 Å². The second-order valence-corrected chi connectivity index (χ2v) is 7.63. The third kappa shape index (κ3) is 7.77. The summed E-state index contributed by atoms with van der Waals surface area (Å²) in [5.74, 6) is 0.918. The predicted molar refractivity (Wildman–Crippen MR) is 136 cm³/mol. The van der Waals surface area contributed by atoms with E-state index < -0.39 is 11.9 Å². The Hall–Kier alpha value is -4.52. The first-order valence-electron chi connectivity index (χ1n) is 11.4. The van der Waals surface area contributed by atoms with E-state index in [-0.39, 0.29) is 0 Å². The Kier molecular flexibility index (Phi) is 9.70. The summed E-state index contributed by atoms with van der Waals surface area (Å²) in [6.07, 6.45) is 4.44. The lowest BCUT2D eigenvalue weighted by Crippen LogP contribution is -2.10. The summed E-state index contributed by atoms with van der Waals surface area (Å²) < 4.78 is 26.8. The molecule has 0 aliphatic carbocycles. The number of carbonyl (C=O) groups is 2. The van der Waals surface area contributed by atoms with Crippen LogP contribution in [0.4, 0.5) is 0 Å². The first-order valence-corrected chi connectivity index (χ1v) is 11.4. The maximum Gasteiger partial charge on any atom is 0.343 e. The quantitative estimate of drug-likeness (QED) is 0.121. The molecule has 0 saturated carbocycles. The largest absolute Gasteiger partial charge is 0.502 e. The van der Waals surface area contributed by atoms with E-state index in [1.54, 1.807) is 73.7 Å². The molecule has 3 rings (SSSR count). The number of esters is 2. The SMILES string of the molecule is C=COCCCCOc1ccc(C(=O)Oc2ccc(OC(=O)c3ccc(OC=C)cc3)cc2C)cc1. The fourth-order valence-electron chi connectivity index (χ4n) is 3.14. The van der Waals surface area contributed by atoms with Crippen molar-refractivity contribution in [3.05, 3.63) is 109 Å². The summed E-state index contributed by atoms with van der Waals surface area (Å²) in [7, 11) is 0. The first kappa shape index (κ1) is 26.1. The molecule has 0 spiro atoms. The third-order valence-electron chi connectivity index (χ3n) is 5.00. The lowest BCUT2D eigenvalue weighted by molar-refractivity contribution is 0.0718. The lowest BCUT2D eigenvalue weighted by Gasteiger charge is -2.11. The molecule has 0 heterocycles. The highest BCUT2D eigenvalue weighted by atomic mass is 16.5. The number of hydrogen-bond acceptors (Lipinski definition) is 7. The molecule has 0 aromatic heterocycles. The summed E-state index contributed by atoms with van der Waals surface area (Å²) in [6, 6.07) is 18.0. The summed E-state index contributed by atoms with van der Waals surface area (Å²) in [5.41, 5.74) is 1.40. The van der Waals surface area contributed by atoms with E-state index in [4.69, 9.17) is 23.7 Å². The van der Waals surface area contributed by atoms with Gasteiger partial charge in [0, 0.05) is 0 Å². The van der Waals surface area contributed by atoms with Crippen LogP contribution in [-0.2, 0) is 4.74 Å². The summed E-state index contributed by atoms with van der Waals surface area (Å²) in [6.45, 7) is 9.91. The van der Waals surface area contributed by atoms with Crippen LogP contribution >= 0.6 is 0 Å². The van der Waals surface area contributed by atoms with E-state index in [0.717, 1.165) is 12.8 Å². The Balaban J connectivity index is 1.52. The van der Waals surface area contributed by atoms with Crippen LogP contribution in [0.2, 0.25) is 0 Å². The van der Waals surface area contributed by atoms with Crippen molar-refractivity contribution in [2.75, 3.05) is 13.2 Å². The van der Waals surface area contributed by atoms with Crippen molar-refractivity contribution in [3.8, 4) is 23.0 Å². The van der Waals surface area contributed by atoms with Crippen LogP contribution in [0.1, 0.15) is 39.1 Å². The number of carbonyl (C=O) groups excluding carboxylic acids is 2. The van der Waals surface area contributed by atoms with Gasteiger partial charge in [-0.1, -0.05) is 13.2 Å². The van der Waals surface area contributed by atoms with Gasteiger partial charge in [0.05, 0.1) is 36.9 Å². The van der Waals surface area contributed by atoms with Crippen LogP contribution in [0, 0.1) is 6.92 Å². The normalized spacial score (nSPS) is 10.1. The summed E-state index contributed by atoms with van der Waals surface area (Å²) in [5, 5.41) is 0. The van der Waals surface area contributed by atoms with Crippen molar-refractivity contribution in [1.82, 2.24) is 0 Å². The van der Waals surface area contributed by atoms with Gasteiger partial charge in [-0.15, -0.1) is 0 Å². The second kappa shape index (κ2) is 13.4. The fraction of sp³-hybridized carbons (Fsp3) is 0.172. The van der Waals surface area contributed by atoms with Crippen LogP contribution < -0.4 is 18.9 Å². The van der Waals surface area contributed by atoms with Gasteiger partial charge in [-0.25, -0.2) is 9.59 Å². The van der Waals surface area contributed by atoms with E-state index in [1.807, 2.05) is 0 Å². The van der Waals surface area contributed by atoms with Gasteiger partial charge in [-0.05, 0) is 92.1 Å². The minimum atomic E-state index is -0.517. The van der Waals surface area contributed by atoms with Crippen LogP contribution in [0.5, 0.6) is 23.0 Å². The van der Waals surface area contributed by atoms with Crippen molar-refractivity contribution in [1.29, 1.82) is 0 Å². The standard InChI is InChI=1S/C29H28O7/c1-4-32-18-6-7-19-34-25-14-10-23(11-15-25)29(31)36-27-17-16-26(20-21(27)3)35-28(30)22-8-12-24(13-9-22)33-5-2/h4-5,8-17,20H,1-2,6-7,18-19H2,3H3. The number of rotatable bonds is 13. The van der Waals surface area contributed by atoms with Gasteiger partial charge < -0.3 is 23.7 Å².